The van der Waals surface area contributed by atoms with Crippen LogP contribution in [-0.4, -0.2) is 37.0 Å². The first kappa shape index (κ1) is 21.9. The Kier molecular flexibility index (Phi) is 5.99. The van der Waals surface area contributed by atoms with Gasteiger partial charge in [-0.1, -0.05) is 6.07 Å². The highest BCUT2D eigenvalue weighted by Crippen LogP contribution is 2.24. The number of carbonyl (C=O) groups is 1. The lowest BCUT2D eigenvalue weighted by molar-refractivity contribution is -0.384. The first-order chi connectivity index (χ1) is 15.9. The topological polar surface area (TPSA) is 116 Å². The van der Waals surface area contributed by atoms with Crippen LogP contribution in [0.15, 0.2) is 54.6 Å². The predicted molar refractivity (Wildman–Crippen MR) is 121 cm³/mol. The summed E-state index contributed by atoms with van der Waals surface area (Å²) in [4.78, 5) is 34.5. The summed E-state index contributed by atoms with van der Waals surface area (Å²) in [5.74, 6) is 1.09. The number of fused-ring (bicyclic) bond motifs is 1. The van der Waals surface area contributed by atoms with Crippen molar-refractivity contribution in [3.8, 4) is 5.75 Å². The standard InChI is InChI=1S/C23H22N6O4/c1-4-33-20-10-8-18(9-11-20)27(22(30)17-6-5-7-19(13-17)29(31)32)14-21-25-23-24-15(2)12-16(3)28(23)26-21/h5-13H,4,14H2,1-3H3. The Morgan fingerprint density at radius 3 is 2.58 bits per heavy atom. The number of rotatable bonds is 7. The van der Waals surface area contributed by atoms with E-state index in [9.17, 15) is 14.9 Å². The number of nitro benzene ring substituents is 1. The molecule has 2 aromatic heterocycles. The number of non-ortho nitro benzene ring substituents is 1. The molecule has 1 amide bonds. The van der Waals surface area contributed by atoms with E-state index in [0.29, 0.717) is 29.6 Å². The molecule has 10 heteroatoms. The lowest BCUT2D eigenvalue weighted by atomic mass is 10.1. The molecular weight excluding hydrogens is 424 g/mol. The minimum atomic E-state index is -0.529. The third-order valence-electron chi connectivity index (χ3n) is 4.97. The number of carbonyl (C=O) groups excluding carboxylic acids is 1. The summed E-state index contributed by atoms with van der Waals surface area (Å²) in [5.41, 5.74) is 2.29. The van der Waals surface area contributed by atoms with Crippen LogP contribution in [0.4, 0.5) is 11.4 Å². The molecule has 0 unspecified atom stereocenters. The SMILES string of the molecule is CCOc1ccc(N(Cc2nc3nc(C)cc(C)n3n2)C(=O)c2cccc([N+](=O)[O-])c2)cc1. The first-order valence-electron chi connectivity index (χ1n) is 10.3. The van der Waals surface area contributed by atoms with Gasteiger partial charge in [0.15, 0.2) is 5.82 Å². The highest BCUT2D eigenvalue weighted by atomic mass is 16.6. The van der Waals surface area contributed by atoms with Crippen LogP contribution in [0.1, 0.15) is 34.5 Å². The molecule has 168 valence electrons. The zero-order valence-corrected chi connectivity index (χ0v) is 18.4. The van der Waals surface area contributed by atoms with Crippen LogP contribution in [0.3, 0.4) is 0 Å². The quantitative estimate of drug-likeness (QED) is 0.312. The Hall–Kier alpha value is -4.34. The van der Waals surface area contributed by atoms with Gasteiger partial charge in [-0.3, -0.25) is 14.9 Å². The second kappa shape index (κ2) is 9.03. The maximum atomic E-state index is 13.5. The van der Waals surface area contributed by atoms with E-state index in [1.54, 1.807) is 34.8 Å². The number of aromatic nitrogens is 4. The van der Waals surface area contributed by atoms with E-state index in [-0.39, 0.29) is 17.8 Å². The molecule has 33 heavy (non-hydrogen) atoms. The molecule has 0 aliphatic heterocycles. The Morgan fingerprint density at radius 2 is 1.88 bits per heavy atom. The number of anilines is 1. The second-order valence-corrected chi connectivity index (χ2v) is 7.40. The number of amides is 1. The van der Waals surface area contributed by atoms with Crippen LogP contribution in [0, 0.1) is 24.0 Å². The monoisotopic (exact) mass is 446 g/mol. The summed E-state index contributed by atoms with van der Waals surface area (Å²) in [5, 5.41) is 15.7. The van der Waals surface area contributed by atoms with Crippen molar-refractivity contribution in [2.45, 2.75) is 27.3 Å². The van der Waals surface area contributed by atoms with E-state index in [4.69, 9.17) is 4.74 Å². The third-order valence-corrected chi connectivity index (χ3v) is 4.97. The highest BCUT2D eigenvalue weighted by molar-refractivity contribution is 6.06. The van der Waals surface area contributed by atoms with Crippen LogP contribution in [-0.2, 0) is 6.54 Å². The van der Waals surface area contributed by atoms with Gasteiger partial charge in [-0.25, -0.2) is 9.50 Å². The lowest BCUT2D eigenvalue weighted by Gasteiger charge is -2.22. The van der Waals surface area contributed by atoms with Gasteiger partial charge < -0.3 is 9.64 Å². The number of ether oxygens (including phenoxy) is 1. The molecule has 0 radical (unpaired) electrons. The zero-order valence-electron chi connectivity index (χ0n) is 18.4. The molecule has 0 bridgehead atoms. The number of nitro groups is 1. The van der Waals surface area contributed by atoms with Gasteiger partial charge in [0.05, 0.1) is 18.1 Å². The molecule has 0 aliphatic carbocycles. The van der Waals surface area contributed by atoms with E-state index in [1.807, 2.05) is 26.8 Å². The molecule has 4 rings (SSSR count). The first-order valence-corrected chi connectivity index (χ1v) is 10.3. The molecule has 0 fully saturated rings. The average molecular weight is 446 g/mol. The average Bonchev–Trinajstić information content (AvgIpc) is 3.21. The van der Waals surface area contributed by atoms with Crippen LogP contribution in [0.5, 0.6) is 5.75 Å². The molecule has 0 aliphatic rings. The summed E-state index contributed by atoms with van der Waals surface area (Å²) >= 11 is 0. The maximum Gasteiger partial charge on any atom is 0.270 e. The number of benzene rings is 2. The van der Waals surface area contributed by atoms with Crippen LogP contribution >= 0.6 is 0 Å². The van der Waals surface area contributed by atoms with Gasteiger partial charge in [0.2, 0.25) is 0 Å². The largest absolute Gasteiger partial charge is 0.494 e. The molecule has 0 N–H and O–H groups in total. The van der Waals surface area contributed by atoms with Gasteiger partial charge in [-0.15, -0.1) is 5.10 Å². The van der Waals surface area contributed by atoms with Crippen molar-refractivity contribution in [1.82, 2.24) is 19.6 Å². The van der Waals surface area contributed by atoms with Crippen molar-refractivity contribution < 1.29 is 14.5 Å². The third kappa shape index (κ3) is 4.64. The molecule has 2 aromatic carbocycles. The fourth-order valence-electron chi connectivity index (χ4n) is 3.49. The molecule has 2 heterocycles. The Balaban J connectivity index is 1.74. The Bertz CT molecular complexity index is 1330. The smallest absolute Gasteiger partial charge is 0.270 e. The Labute approximate surface area is 189 Å². The molecule has 0 atom stereocenters. The summed E-state index contributed by atoms with van der Waals surface area (Å²) in [7, 11) is 0. The maximum absolute atomic E-state index is 13.5. The van der Waals surface area contributed by atoms with E-state index < -0.39 is 10.8 Å². The highest BCUT2D eigenvalue weighted by Gasteiger charge is 2.22. The number of hydrogen-bond donors (Lipinski definition) is 0. The number of aryl methyl sites for hydroxylation is 2. The van der Waals surface area contributed by atoms with Crippen molar-refractivity contribution in [2.24, 2.45) is 0 Å². The van der Waals surface area contributed by atoms with Gasteiger partial charge in [0.1, 0.15) is 5.75 Å². The van der Waals surface area contributed by atoms with Gasteiger partial charge in [-0.05, 0) is 57.2 Å². The predicted octanol–water partition coefficient (Wildman–Crippen LogP) is 3.90. The number of hydrogen-bond acceptors (Lipinski definition) is 7. The summed E-state index contributed by atoms with van der Waals surface area (Å²) in [6, 6.07) is 14.6. The normalized spacial score (nSPS) is 10.9. The van der Waals surface area contributed by atoms with Gasteiger partial charge >= 0.3 is 0 Å². The molecule has 10 nitrogen and oxygen atoms in total. The van der Waals surface area contributed by atoms with Crippen molar-refractivity contribution in [1.29, 1.82) is 0 Å². The summed E-state index contributed by atoms with van der Waals surface area (Å²) in [6.45, 7) is 6.24. The molecule has 0 saturated heterocycles. The van der Waals surface area contributed by atoms with Crippen LogP contribution in [0.25, 0.3) is 5.78 Å². The van der Waals surface area contributed by atoms with Crippen LogP contribution < -0.4 is 9.64 Å². The summed E-state index contributed by atoms with van der Waals surface area (Å²) < 4.78 is 7.12. The molecule has 0 saturated carbocycles. The number of nitrogens with zero attached hydrogens (tertiary/aromatic N) is 6. The van der Waals surface area contributed by atoms with Crippen molar-refractivity contribution >= 4 is 23.1 Å². The lowest BCUT2D eigenvalue weighted by Crippen LogP contribution is -2.31. The van der Waals surface area contributed by atoms with Gasteiger partial charge in [0.25, 0.3) is 17.4 Å². The van der Waals surface area contributed by atoms with E-state index in [2.05, 4.69) is 15.1 Å². The molecule has 4 aromatic rings. The zero-order chi connectivity index (χ0) is 23.5. The van der Waals surface area contributed by atoms with Gasteiger partial charge in [-0.2, -0.15) is 4.98 Å². The van der Waals surface area contributed by atoms with E-state index in [0.717, 1.165) is 11.4 Å². The van der Waals surface area contributed by atoms with E-state index in [1.165, 1.54) is 23.1 Å². The minimum absolute atomic E-state index is 0.0529. The fourth-order valence-corrected chi connectivity index (χ4v) is 3.49. The molecular formula is C23H22N6O4. The van der Waals surface area contributed by atoms with Crippen molar-refractivity contribution in [3.63, 3.8) is 0 Å². The molecule has 0 spiro atoms. The van der Waals surface area contributed by atoms with Crippen molar-refractivity contribution in [3.05, 3.63) is 87.5 Å². The van der Waals surface area contributed by atoms with E-state index >= 15 is 0 Å². The van der Waals surface area contributed by atoms with Gasteiger partial charge in [0, 0.05) is 34.8 Å². The fraction of sp³-hybridized carbons (Fsp3) is 0.217. The minimum Gasteiger partial charge on any atom is -0.494 e. The summed E-state index contributed by atoms with van der Waals surface area (Å²) in [6.07, 6.45) is 0. The van der Waals surface area contributed by atoms with Crippen molar-refractivity contribution in [2.75, 3.05) is 11.5 Å². The second-order valence-electron chi connectivity index (χ2n) is 7.40. The van der Waals surface area contributed by atoms with Crippen LogP contribution in [0.2, 0.25) is 0 Å². The Morgan fingerprint density at radius 1 is 1.12 bits per heavy atom.